The number of aryl methyl sites for hydroxylation is 1. The van der Waals surface area contributed by atoms with Gasteiger partial charge in [0.25, 0.3) is 10.0 Å². The molecule has 0 bridgehead atoms. The van der Waals surface area contributed by atoms with Gasteiger partial charge in [-0.05, 0) is 19.1 Å². The van der Waals surface area contributed by atoms with Gasteiger partial charge in [-0.3, -0.25) is 0 Å². The maximum absolute atomic E-state index is 12.3. The Kier molecular flexibility index (Phi) is 3.03. The van der Waals surface area contributed by atoms with Gasteiger partial charge in [0.1, 0.15) is 4.21 Å². The molecule has 1 aromatic rings. The molecule has 19 heavy (non-hydrogen) atoms. The van der Waals surface area contributed by atoms with Crippen LogP contribution in [0.1, 0.15) is 4.88 Å². The van der Waals surface area contributed by atoms with Crippen LogP contribution >= 0.6 is 11.3 Å². The van der Waals surface area contributed by atoms with E-state index in [1.807, 2.05) is 13.0 Å². The zero-order chi connectivity index (χ0) is 13.6. The molecule has 104 valence electrons. The molecule has 2 fully saturated rings. The molecule has 2 amide bonds. The first-order chi connectivity index (χ1) is 8.98. The first-order valence-electron chi connectivity index (χ1n) is 6.09. The summed E-state index contributed by atoms with van der Waals surface area (Å²) in [6.45, 7) is 3.98. The van der Waals surface area contributed by atoms with Gasteiger partial charge in [-0.25, -0.2) is 13.2 Å². The number of rotatable bonds is 3. The smallest absolute Gasteiger partial charge is 0.317 e. The zero-order valence-electron chi connectivity index (χ0n) is 10.5. The lowest BCUT2D eigenvalue weighted by atomic mass is 10.1. The first kappa shape index (κ1) is 12.9. The predicted molar refractivity (Wildman–Crippen MR) is 71.7 cm³/mol. The summed E-state index contributed by atoms with van der Waals surface area (Å²) < 4.78 is 26.4. The molecule has 1 aromatic heterocycles. The summed E-state index contributed by atoms with van der Waals surface area (Å²) >= 11 is 1.28. The van der Waals surface area contributed by atoms with Crippen molar-refractivity contribution in [1.29, 1.82) is 0 Å². The van der Waals surface area contributed by atoms with Gasteiger partial charge in [-0.1, -0.05) is 0 Å². The van der Waals surface area contributed by atoms with Crippen molar-refractivity contribution in [2.45, 2.75) is 17.2 Å². The van der Waals surface area contributed by atoms with E-state index in [0.717, 1.165) is 4.88 Å². The molecule has 2 saturated heterocycles. The lowest BCUT2D eigenvalue weighted by molar-refractivity contribution is 0.124. The molecule has 0 atom stereocenters. The Hall–Kier alpha value is -1.12. The molecule has 8 heteroatoms. The molecule has 0 radical (unpaired) electrons. The molecular weight excluding hydrogens is 286 g/mol. The monoisotopic (exact) mass is 301 g/mol. The summed E-state index contributed by atoms with van der Waals surface area (Å²) in [5.74, 6) is 0. The van der Waals surface area contributed by atoms with Crippen molar-refractivity contribution in [3.8, 4) is 0 Å². The van der Waals surface area contributed by atoms with E-state index in [-0.39, 0.29) is 12.1 Å². The van der Waals surface area contributed by atoms with Crippen LogP contribution in [0.2, 0.25) is 0 Å². The van der Waals surface area contributed by atoms with Gasteiger partial charge in [0, 0.05) is 31.1 Å². The lowest BCUT2D eigenvalue weighted by Crippen LogP contribution is -2.61. The third-order valence-electron chi connectivity index (χ3n) is 3.47. The number of hydrogen-bond acceptors (Lipinski definition) is 4. The molecule has 0 aromatic carbocycles. The minimum atomic E-state index is -3.37. The van der Waals surface area contributed by atoms with Crippen molar-refractivity contribution >= 4 is 27.4 Å². The van der Waals surface area contributed by atoms with Crippen LogP contribution in [-0.2, 0) is 10.0 Å². The number of carbonyl (C=O) groups is 1. The average Bonchev–Trinajstić information content (AvgIpc) is 2.86. The van der Waals surface area contributed by atoms with E-state index in [0.29, 0.717) is 30.4 Å². The highest BCUT2D eigenvalue weighted by molar-refractivity contribution is 7.91. The fourth-order valence-electron chi connectivity index (χ4n) is 2.32. The number of amides is 2. The fraction of sp³-hybridized carbons (Fsp3) is 0.545. The van der Waals surface area contributed by atoms with Crippen molar-refractivity contribution < 1.29 is 13.2 Å². The van der Waals surface area contributed by atoms with E-state index >= 15 is 0 Å². The van der Waals surface area contributed by atoms with Crippen LogP contribution in [0.25, 0.3) is 0 Å². The third-order valence-corrected chi connectivity index (χ3v) is 6.77. The van der Waals surface area contributed by atoms with Crippen LogP contribution in [0.5, 0.6) is 0 Å². The highest BCUT2D eigenvalue weighted by atomic mass is 32.2. The van der Waals surface area contributed by atoms with Crippen LogP contribution in [0.15, 0.2) is 16.3 Å². The van der Waals surface area contributed by atoms with Crippen molar-refractivity contribution in [1.82, 2.24) is 14.5 Å². The number of sulfonamides is 1. The van der Waals surface area contributed by atoms with Crippen LogP contribution in [0.4, 0.5) is 4.79 Å². The Morgan fingerprint density at radius 3 is 2.63 bits per heavy atom. The fourth-order valence-corrected chi connectivity index (χ4v) is 5.28. The van der Waals surface area contributed by atoms with Crippen molar-refractivity contribution in [3.63, 3.8) is 0 Å². The quantitative estimate of drug-likeness (QED) is 0.881. The SMILES string of the molecule is Cc1ccc(S(=O)(=O)N2CC(N3CCNC3=O)C2)s1. The minimum absolute atomic E-state index is 0.0123. The highest BCUT2D eigenvalue weighted by Crippen LogP contribution is 2.29. The maximum Gasteiger partial charge on any atom is 0.317 e. The average molecular weight is 301 g/mol. The molecule has 0 unspecified atom stereocenters. The normalized spacial score (nSPS) is 21.5. The standard InChI is InChI=1S/C11H15N3O3S2/c1-8-2-3-10(18-8)19(16,17)13-6-9(7-13)14-5-4-12-11(14)15/h2-3,9H,4-7H2,1H3,(H,12,15). The van der Waals surface area contributed by atoms with Gasteiger partial charge in [0.05, 0.1) is 6.04 Å². The zero-order valence-corrected chi connectivity index (χ0v) is 12.1. The second-order valence-corrected chi connectivity index (χ2v) is 8.22. The van der Waals surface area contributed by atoms with Crippen LogP contribution in [0.3, 0.4) is 0 Å². The molecule has 0 spiro atoms. The largest absolute Gasteiger partial charge is 0.336 e. The Labute approximate surface area is 116 Å². The van der Waals surface area contributed by atoms with E-state index in [4.69, 9.17) is 0 Å². The number of hydrogen-bond donors (Lipinski definition) is 1. The van der Waals surface area contributed by atoms with Gasteiger partial charge in [-0.2, -0.15) is 4.31 Å². The summed E-state index contributed by atoms with van der Waals surface area (Å²) in [6, 6.07) is 3.38. The highest BCUT2D eigenvalue weighted by Gasteiger charge is 2.42. The van der Waals surface area contributed by atoms with Crippen molar-refractivity contribution in [2.75, 3.05) is 26.2 Å². The van der Waals surface area contributed by atoms with Gasteiger partial charge >= 0.3 is 6.03 Å². The van der Waals surface area contributed by atoms with E-state index in [2.05, 4.69) is 5.32 Å². The summed E-state index contributed by atoms with van der Waals surface area (Å²) in [7, 11) is -3.37. The number of thiophene rings is 1. The Balaban J connectivity index is 1.68. The molecule has 0 aliphatic carbocycles. The summed E-state index contributed by atoms with van der Waals surface area (Å²) in [5.41, 5.74) is 0. The summed E-state index contributed by atoms with van der Waals surface area (Å²) in [4.78, 5) is 14.2. The molecule has 2 aliphatic heterocycles. The van der Waals surface area contributed by atoms with Crippen molar-refractivity contribution in [2.24, 2.45) is 0 Å². The number of nitrogens with one attached hydrogen (secondary N) is 1. The van der Waals surface area contributed by atoms with E-state index < -0.39 is 10.0 Å². The molecule has 6 nitrogen and oxygen atoms in total. The Bertz CT molecular complexity index is 604. The van der Waals surface area contributed by atoms with Gasteiger partial charge < -0.3 is 10.2 Å². The minimum Gasteiger partial charge on any atom is -0.336 e. The second-order valence-electron chi connectivity index (χ2n) is 4.77. The summed E-state index contributed by atoms with van der Waals surface area (Å²) in [6.07, 6.45) is 0. The van der Waals surface area contributed by atoms with E-state index in [1.165, 1.54) is 15.6 Å². The van der Waals surface area contributed by atoms with Gasteiger partial charge in [0.2, 0.25) is 0 Å². The third kappa shape index (κ3) is 2.13. The molecule has 3 heterocycles. The number of nitrogens with zero attached hydrogens (tertiary/aromatic N) is 2. The second kappa shape index (κ2) is 4.46. The lowest BCUT2D eigenvalue weighted by Gasteiger charge is -2.42. The summed E-state index contributed by atoms with van der Waals surface area (Å²) in [5, 5.41) is 2.73. The first-order valence-corrected chi connectivity index (χ1v) is 8.35. The predicted octanol–water partition coefficient (Wildman–Crippen LogP) is 0.455. The Morgan fingerprint density at radius 1 is 1.37 bits per heavy atom. The maximum atomic E-state index is 12.3. The van der Waals surface area contributed by atoms with Gasteiger partial charge in [0.15, 0.2) is 0 Å². The molecular formula is C11H15N3O3S2. The van der Waals surface area contributed by atoms with Crippen LogP contribution in [-0.4, -0.2) is 55.9 Å². The number of carbonyl (C=O) groups excluding carboxylic acids is 1. The molecule has 1 N–H and O–H groups in total. The van der Waals surface area contributed by atoms with Crippen molar-refractivity contribution in [3.05, 3.63) is 17.0 Å². The molecule has 0 saturated carbocycles. The van der Waals surface area contributed by atoms with Crippen LogP contribution in [0, 0.1) is 6.92 Å². The number of urea groups is 1. The van der Waals surface area contributed by atoms with Crippen LogP contribution < -0.4 is 5.32 Å². The van der Waals surface area contributed by atoms with E-state index in [9.17, 15) is 13.2 Å². The topological polar surface area (TPSA) is 69.7 Å². The Morgan fingerprint density at radius 2 is 2.11 bits per heavy atom. The van der Waals surface area contributed by atoms with E-state index in [1.54, 1.807) is 11.0 Å². The molecule has 2 aliphatic rings. The molecule has 3 rings (SSSR count). The van der Waals surface area contributed by atoms with Gasteiger partial charge in [-0.15, -0.1) is 11.3 Å².